The summed E-state index contributed by atoms with van der Waals surface area (Å²) in [5, 5.41) is 0. The zero-order chi connectivity index (χ0) is 16.1. The zero-order valence-electron chi connectivity index (χ0n) is 12.8. The predicted octanol–water partition coefficient (Wildman–Crippen LogP) is 2.96. The van der Waals surface area contributed by atoms with Gasteiger partial charge in [0.25, 0.3) is 0 Å². The van der Waals surface area contributed by atoms with Gasteiger partial charge in [0.15, 0.2) is 5.78 Å². The third-order valence-electron chi connectivity index (χ3n) is 3.27. The minimum Gasteiger partial charge on any atom is -0.486 e. The van der Waals surface area contributed by atoms with Crippen molar-refractivity contribution in [3.05, 3.63) is 58.9 Å². The van der Waals surface area contributed by atoms with E-state index in [4.69, 9.17) is 9.47 Å². The van der Waals surface area contributed by atoms with E-state index >= 15 is 0 Å². The number of pyridine rings is 1. The Balaban J connectivity index is 2.28. The molecule has 0 N–H and O–H groups in total. The van der Waals surface area contributed by atoms with Crippen molar-refractivity contribution in [1.82, 2.24) is 4.98 Å². The van der Waals surface area contributed by atoms with Gasteiger partial charge in [-0.15, -0.1) is 0 Å². The Hall–Kier alpha value is -2.69. The zero-order valence-corrected chi connectivity index (χ0v) is 12.8. The highest BCUT2D eigenvalue weighted by Gasteiger charge is 2.16. The molecule has 0 aliphatic heterocycles. The highest BCUT2D eigenvalue weighted by molar-refractivity contribution is 5.99. The van der Waals surface area contributed by atoms with Gasteiger partial charge in [0.05, 0.1) is 12.8 Å². The Kier molecular flexibility index (Phi) is 4.88. The quantitative estimate of drug-likeness (QED) is 0.627. The monoisotopic (exact) mass is 299 g/mol. The Morgan fingerprint density at radius 1 is 1.23 bits per heavy atom. The van der Waals surface area contributed by atoms with Crippen molar-refractivity contribution >= 4 is 11.8 Å². The number of nitrogens with zero attached hydrogens (tertiary/aromatic N) is 1. The van der Waals surface area contributed by atoms with Gasteiger partial charge in [-0.2, -0.15) is 0 Å². The number of hydrogen-bond acceptors (Lipinski definition) is 5. The van der Waals surface area contributed by atoms with Gasteiger partial charge in [0.2, 0.25) is 0 Å². The van der Waals surface area contributed by atoms with E-state index in [0.717, 1.165) is 11.3 Å². The molecule has 0 atom stereocenters. The molecule has 1 aromatic heterocycles. The molecular formula is C17H17NO4. The number of carbonyl (C=O) groups is 2. The lowest BCUT2D eigenvalue weighted by atomic mass is 10.1. The summed E-state index contributed by atoms with van der Waals surface area (Å²) in [5.74, 6) is -0.310. The molecule has 2 aromatic rings. The van der Waals surface area contributed by atoms with Crippen LogP contribution in [0.4, 0.5) is 0 Å². The fraction of sp³-hybridized carbons (Fsp3) is 0.235. The number of benzene rings is 1. The molecule has 0 fully saturated rings. The first kappa shape index (κ1) is 15.7. The molecule has 0 bridgehead atoms. The van der Waals surface area contributed by atoms with Crippen molar-refractivity contribution < 1.29 is 19.1 Å². The molecule has 0 saturated heterocycles. The maximum Gasteiger partial charge on any atom is 0.341 e. The van der Waals surface area contributed by atoms with Crippen LogP contribution in [0.2, 0.25) is 0 Å². The Bertz CT molecular complexity index is 710. The molecule has 0 saturated carbocycles. The number of carbonyl (C=O) groups excluding carboxylic acids is 2. The smallest absolute Gasteiger partial charge is 0.341 e. The Morgan fingerprint density at radius 2 is 2.00 bits per heavy atom. The molecule has 114 valence electrons. The van der Waals surface area contributed by atoms with Crippen LogP contribution < -0.4 is 4.74 Å². The first-order chi connectivity index (χ1) is 10.5. The average molecular weight is 299 g/mol. The molecule has 0 spiro atoms. The first-order valence-electron chi connectivity index (χ1n) is 6.79. The summed E-state index contributed by atoms with van der Waals surface area (Å²) in [7, 11) is 1.29. The van der Waals surface area contributed by atoms with Crippen molar-refractivity contribution in [2.24, 2.45) is 0 Å². The molecule has 22 heavy (non-hydrogen) atoms. The van der Waals surface area contributed by atoms with Gasteiger partial charge in [-0.3, -0.25) is 9.78 Å². The molecule has 1 heterocycles. The minimum atomic E-state index is -0.546. The summed E-state index contributed by atoms with van der Waals surface area (Å²) in [5.41, 5.74) is 2.45. The van der Waals surface area contributed by atoms with Crippen molar-refractivity contribution in [2.45, 2.75) is 20.5 Å². The highest BCUT2D eigenvalue weighted by atomic mass is 16.5. The van der Waals surface area contributed by atoms with Gasteiger partial charge in [0.1, 0.15) is 17.9 Å². The Morgan fingerprint density at radius 3 is 2.64 bits per heavy atom. The molecule has 5 heteroatoms. The van der Waals surface area contributed by atoms with Crippen molar-refractivity contribution in [2.75, 3.05) is 7.11 Å². The lowest BCUT2D eigenvalue weighted by Gasteiger charge is -2.12. The van der Waals surface area contributed by atoms with Crippen molar-refractivity contribution in [3.8, 4) is 5.75 Å². The van der Waals surface area contributed by atoms with E-state index in [9.17, 15) is 9.59 Å². The number of ether oxygens (including phenoxy) is 2. The van der Waals surface area contributed by atoms with Gasteiger partial charge in [-0.25, -0.2) is 4.79 Å². The van der Waals surface area contributed by atoms with Crippen LogP contribution in [0.3, 0.4) is 0 Å². The second kappa shape index (κ2) is 6.85. The number of Topliss-reactive ketones (excluding diaryl/α,β-unsaturated/α-hetero) is 1. The maximum atomic E-state index is 11.9. The molecule has 0 amide bonds. The summed E-state index contributed by atoms with van der Waals surface area (Å²) >= 11 is 0. The highest BCUT2D eigenvalue weighted by Crippen LogP contribution is 2.23. The fourth-order valence-electron chi connectivity index (χ4n) is 1.96. The van der Waals surface area contributed by atoms with Crippen LogP contribution in [0.5, 0.6) is 5.75 Å². The van der Waals surface area contributed by atoms with Gasteiger partial charge >= 0.3 is 5.97 Å². The van der Waals surface area contributed by atoms with E-state index in [1.165, 1.54) is 20.1 Å². The predicted molar refractivity (Wildman–Crippen MR) is 81.1 cm³/mol. The summed E-state index contributed by atoms with van der Waals surface area (Å²) in [4.78, 5) is 27.5. The van der Waals surface area contributed by atoms with E-state index in [2.05, 4.69) is 4.98 Å². The molecule has 5 nitrogen and oxygen atoms in total. The number of esters is 1. The second-order valence-electron chi connectivity index (χ2n) is 4.81. The number of aryl methyl sites for hydroxylation is 1. The SMILES string of the molecule is COC(=O)c1cc(C(C)=O)ccc1OCc1ncccc1C. The second-order valence-corrected chi connectivity index (χ2v) is 4.81. The topological polar surface area (TPSA) is 65.5 Å². The molecule has 0 unspecified atom stereocenters. The molecular weight excluding hydrogens is 282 g/mol. The third-order valence-corrected chi connectivity index (χ3v) is 3.27. The van der Waals surface area contributed by atoms with Crippen molar-refractivity contribution in [1.29, 1.82) is 0 Å². The van der Waals surface area contributed by atoms with Crippen LogP contribution in [0.25, 0.3) is 0 Å². The molecule has 1 aromatic carbocycles. The van der Waals surface area contributed by atoms with Crippen LogP contribution in [0.1, 0.15) is 38.9 Å². The van der Waals surface area contributed by atoms with E-state index in [-0.39, 0.29) is 18.0 Å². The Labute approximate surface area is 128 Å². The standard InChI is InChI=1S/C17H17NO4/c1-11-5-4-8-18-15(11)10-22-16-7-6-13(12(2)19)9-14(16)17(20)21-3/h4-9H,10H2,1-3H3. The van der Waals surface area contributed by atoms with Crippen LogP contribution in [-0.2, 0) is 11.3 Å². The summed E-state index contributed by atoms with van der Waals surface area (Å²) in [6.07, 6.45) is 1.69. The summed E-state index contributed by atoms with van der Waals surface area (Å²) < 4.78 is 10.4. The largest absolute Gasteiger partial charge is 0.486 e. The number of ketones is 1. The number of hydrogen-bond donors (Lipinski definition) is 0. The number of rotatable bonds is 5. The average Bonchev–Trinajstić information content (AvgIpc) is 2.53. The van der Waals surface area contributed by atoms with Crippen LogP contribution in [0, 0.1) is 6.92 Å². The molecule has 0 radical (unpaired) electrons. The van der Waals surface area contributed by atoms with Crippen LogP contribution in [0.15, 0.2) is 36.5 Å². The molecule has 0 aliphatic carbocycles. The minimum absolute atomic E-state index is 0.128. The lowest BCUT2D eigenvalue weighted by Crippen LogP contribution is -2.08. The fourth-order valence-corrected chi connectivity index (χ4v) is 1.96. The van der Waals surface area contributed by atoms with Gasteiger partial charge in [-0.05, 0) is 43.7 Å². The number of methoxy groups -OCH3 is 1. The van der Waals surface area contributed by atoms with Crippen molar-refractivity contribution in [3.63, 3.8) is 0 Å². The van der Waals surface area contributed by atoms with Crippen LogP contribution >= 0.6 is 0 Å². The summed E-state index contributed by atoms with van der Waals surface area (Å²) in [6, 6.07) is 8.48. The number of aromatic nitrogens is 1. The summed E-state index contributed by atoms with van der Waals surface area (Å²) in [6.45, 7) is 3.61. The van der Waals surface area contributed by atoms with Gasteiger partial charge in [0, 0.05) is 11.8 Å². The first-order valence-corrected chi connectivity index (χ1v) is 6.79. The van der Waals surface area contributed by atoms with E-state index in [1.54, 1.807) is 18.3 Å². The van der Waals surface area contributed by atoms with E-state index in [0.29, 0.717) is 11.3 Å². The van der Waals surface area contributed by atoms with Gasteiger partial charge < -0.3 is 9.47 Å². The van der Waals surface area contributed by atoms with Gasteiger partial charge in [-0.1, -0.05) is 6.07 Å². The van der Waals surface area contributed by atoms with E-state index < -0.39 is 5.97 Å². The third kappa shape index (κ3) is 3.49. The normalized spacial score (nSPS) is 10.1. The molecule has 2 rings (SSSR count). The van der Waals surface area contributed by atoms with E-state index in [1.807, 2.05) is 19.1 Å². The van der Waals surface area contributed by atoms with Crippen LogP contribution in [-0.4, -0.2) is 23.8 Å². The lowest BCUT2D eigenvalue weighted by molar-refractivity contribution is 0.0595. The maximum absolute atomic E-state index is 11.9. The molecule has 0 aliphatic rings.